The number of benzene rings is 3. The van der Waals surface area contributed by atoms with Crippen molar-refractivity contribution in [3.8, 4) is 5.82 Å². The van der Waals surface area contributed by atoms with E-state index >= 15 is 0 Å². The number of hydrogen-bond acceptors (Lipinski definition) is 7. The van der Waals surface area contributed by atoms with Crippen molar-refractivity contribution in [1.29, 1.82) is 0 Å². The van der Waals surface area contributed by atoms with Crippen LogP contribution in [0.3, 0.4) is 0 Å². The number of nitrogens with one attached hydrogen (secondary N) is 4. The number of para-hydroxylation sites is 1. The average molecular weight is 1320 g/mol. The van der Waals surface area contributed by atoms with Crippen LogP contribution in [0.2, 0.25) is 0 Å². The van der Waals surface area contributed by atoms with Gasteiger partial charge in [-0.2, -0.15) is 0 Å². The molecule has 484 valence electrons. The quantitative estimate of drug-likeness (QED) is 0.0918. The van der Waals surface area contributed by atoms with E-state index in [-0.39, 0.29) is 30.2 Å². The molecule has 0 spiro atoms. The van der Waals surface area contributed by atoms with Crippen molar-refractivity contribution < 1.29 is 4.99 Å². The van der Waals surface area contributed by atoms with Gasteiger partial charge in [0.05, 0.1) is 22.8 Å². The summed E-state index contributed by atoms with van der Waals surface area (Å²) >= 11 is 4.24. The van der Waals surface area contributed by atoms with Crippen LogP contribution in [0.15, 0.2) is 286 Å². The highest BCUT2D eigenvalue weighted by Crippen LogP contribution is 2.64. The lowest BCUT2D eigenvalue weighted by Gasteiger charge is -2.45. The van der Waals surface area contributed by atoms with Crippen LogP contribution in [0.5, 0.6) is 0 Å². The molecule has 0 saturated heterocycles. The zero-order valence-corrected chi connectivity index (χ0v) is 56.7. The normalized spacial score (nSPS) is 29.7. The van der Waals surface area contributed by atoms with Gasteiger partial charge in [-0.05, 0) is 158 Å². The van der Waals surface area contributed by atoms with Crippen molar-refractivity contribution in [3.63, 3.8) is 0 Å². The van der Waals surface area contributed by atoms with E-state index in [2.05, 4.69) is 283 Å². The highest BCUT2D eigenvalue weighted by atomic mass is 32.2. The van der Waals surface area contributed by atoms with Gasteiger partial charge < -0.3 is 19.8 Å². The predicted molar refractivity (Wildman–Crippen MR) is 407 cm³/mol. The Morgan fingerprint density at radius 2 is 1.57 bits per heavy atom. The zero-order valence-electron chi connectivity index (χ0n) is 55.1. The largest absolute Gasteiger partial charge is 0.353 e. The molecule has 0 fully saturated rings. The molecule has 6 aliphatic heterocycles. The first kappa shape index (κ1) is 58.9. The maximum Gasteiger partial charge on any atom is 0.180 e. The molecule has 11 heteroatoms. The predicted octanol–water partition coefficient (Wildman–Crippen LogP) is 18.3. The topological polar surface area (TPSA) is 91.6 Å². The lowest BCUT2D eigenvalue weighted by atomic mass is 9.72. The third-order valence-corrected chi connectivity index (χ3v) is 26.5. The number of thioether (sulfide) groups is 1. The van der Waals surface area contributed by atoms with Crippen LogP contribution in [-0.2, 0) is 0 Å². The second-order valence-electron chi connectivity index (χ2n) is 29.1. The van der Waals surface area contributed by atoms with Gasteiger partial charge in [0.1, 0.15) is 17.2 Å². The second-order valence-corrected chi connectivity index (χ2v) is 31.3. The lowest BCUT2D eigenvalue weighted by molar-refractivity contribution is -0.379. The van der Waals surface area contributed by atoms with Gasteiger partial charge in [0.2, 0.25) is 0 Å². The van der Waals surface area contributed by atoms with Crippen molar-refractivity contribution >= 4 is 84.5 Å². The Morgan fingerprint density at radius 1 is 0.694 bits per heavy atom. The number of aromatic nitrogens is 3. The van der Waals surface area contributed by atoms with Gasteiger partial charge in [-0.25, -0.2) is 9.98 Å². The minimum absolute atomic E-state index is 0.0887. The minimum Gasteiger partial charge on any atom is -0.353 e. The fourth-order valence-corrected chi connectivity index (χ4v) is 22.1. The summed E-state index contributed by atoms with van der Waals surface area (Å²) in [5.74, 6) is 5.35. The molecule has 12 unspecified atom stereocenters. The lowest BCUT2D eigenvalue weighted by Crippen LogP contribution is -2.68. The highest BCUT2D eigenvalue weighted by molar-refractivity contribution is 8.03. The molecule has 4 N–H and O–H groups in total. The number of nitrogens with zero attached hydrogens (tertiary/aromatic N) is 5. The maximum atomic E-state index is 5.79. The first-order chi connectivity index (χ1) is 48.6. The summed E-state index contributed by atoms with van der Waals surface area (Å²) in [4.78, 5) is 23.1. The number of fused-ring (bicyclic) bond motifs is 8. The number of rotatable bonds is 12. The molecule has 10 heterocycles. The minimum atomic E-state index is -0.0887. The van der Waals surface area contributed by atoms with E-state index in [0.717, 1.165) is 61.4 Å². The van der Waals surface area contributed by atoms with Gasteiger partial charge in [-0.15, -0.1) is 23.1 Å². The van der Waals surface area contributed by atoms with Crippen LogP contribution in [0.1, 0.15) is 121 Å². The molecule has 98 heavy (non-hydrogen) atoms. The van der Waals surface area contributed by atoms with E-state index in [0.29, 0.717) is 40.8 Å². The fourth-order valence-electron chi connectivity index (χ4n) is 18.7. The molecule has 12 atom stereocenters. The molecule has 9 nitrogen and oxygen atoms in total. The van der Waals surface area contributed by atoms with Crippen molar-refractivity contribution in [3.05, 3.63) is 303 Å². The smallest absolute Gasteiger partial charge is 0.180 e. The van der Waals surface area contributed by atoms with Crippen LogP contribution < -0.4 is 15.6 Å². The summed E-state index contributed by atoms with van der Waals surface area (Å²) in [5.41, 5.74) is 19.8. The Hall–Kier alpha value is -9.26. The number of H-pyrrole nitrogens is 1. The monoisotopic (exact) mass is 1310 g/mol. The Balaban J connectivity index is 0.590. The van der Waals surface area contributed by atoms with E-state index in [1.54, 1.807) is 21.6 Å². The van der Waals surface area contributed by atoms with Gasteiger partial charge >= 0.3 is 0 Å². The Labute approximate surface area is 581 Å². The number of aromatic amines is 1. The van der Waals surface area contributed by atoms with Crippen molar-refractivity contribution in [1.82, 2.24) is 29.7 Å². The highest BCUT2D eigenvalue weighted by Gasteiger charge is 2.51. The summed E-state index contributed by atoms with van der Waals surface area (Å²) in [5, 5.41) is 12.8. The molecular formula is C87H80N9S2+. The summed E-state index contributed by atoms with van der Waals surface area (Å²) in [6.07, 6.45) is 76.1. The molecule has 7 aromatic rings. The first-order valence-corrected chi connectivity index (χ1v) is 37.9. The van der Waals surface area contributed by atoms with Crippen LogP contribution >= 0.6 is 23.1 Å². The molecule has 7 aliphatic carbocycles. The molecule has 0 amide bonds. The standard InChI is InChI=1S/C87H79N9S2/c1-5-17-57(18-6-1)79-68-37-39-75-81(85(68)97-83(79)59-21-9-3-10-22-59)66-25-13-15-27-73(66)95(75)78-44-62(53-29-31-55(32-30-53)64-47-88-48-64)43-70(91-78)61-41-42-94(52-61)77-45-63(51-90-77)54-33-35-56(36-34-54)71-46-72(65-49-89-50-65)93-87(92-71)96-74-28-16-14-26-67(74)82-76(96)40-38-69-80(58-19-7-2-8-20-58)84(98-86(69)82)60-23-11-4-12-24-60/h2-5,7,9-17,21,23-29,31-35,37,39,41-43,45-53,56-59,62,67,71,74,80,84,87,90,92-93H,1,6,8,18-20,22,30,36,38,40,44H2/p+1. The Bertz CT molecular complexity index is 5120. The molecule has 13 aliphatic rings. The molecule has 0 saturated carbocycles. The average Bonchev–Trinajstić information content (AvgIpc) is 1.56. The first-order valence-electron chi connectivity index (χ1n) is 36.2. The van der Waals surface area contributed by atoms with E-state index in [1.807, 2.05) is 23.8 Å². The van der Waals surface area contributed by atoms with Crippen LogP contribution in [0.25, 0.3) is 49.0 Å². The van der Waals surface area contributed by atoms with Crippen LogP contribution in [0.4, 0.5) is 0 Å². The number of aliphatic imine (C=N–C) groups is 2. The molecule has 3 aromatic carbocycles. The summed E-state index contributed by atoms with van der Waals surface area (Å²) in [7, 11) is 0. The SMILES string of the molecule is C1=CCC(c2sc3c(ccc4c3c3ccccc3n4C3=NC(c4ccn(-c5cc(C6=CCC(C7C=C(C8=CN=C8)NC(N8C9=C(C%10=C(CC9)C(C9CC=CCC9)C(c9ccccc9)S%10)C9C=CC=CC98)N7)C=C6)c[nH]5)c4)=CC(C4C=CC(C5=C[NH+]=C5)=CC4)C3)c2C2C=CCCC2)C=C1. The summed E-state index contributed by atoms with van der Waals surface area (Å²) in [6, 6.07) is 30.4. The van der Waals surface area contributed by atoms with E-state index < -0.39 is 0 Å². The number of allylic oxidation sites excluding steroid dienone is 23. The van der Waals surface area contributed by atoms with E-state index in [4.69, 9.17) is 4.99 Å². The number of hydrogen-bond donors (Lipinski definition) is 4. The molecular weight excluding hydrogens is 1240 g/mol. The van der Waals surface area contributed by atoms with Gasteiger partial charge in [0, 0.05) is 126 Å². The third kappa shape index (κ3) is 9.98. The summed E-state index contributed by atoms with van der Waals surface area (Å²) in [6.45, 7) is 0. The van der Waals surface area contributed by atoms with Gasteiger partial charge in [0.25, 0.3) is 0 Å². The van der Waals surface area contributed by atoms with Crippen molar-refractivity contribution in [2.24, 2.45) is 45.5 Å². The maximum absolute atomic E-state index is 5.79. The second kappa shape index (κ2) is 24.3. The number of thiophene rings is 1. The molecule has 0 radical (unpaired) electrons. The van der Waals surface area contributed by atoms with Crippen molar-refractivity contribution in [2.45, 2.75) is 113 Å². The van der Waals surface area contributed by atoms with Gasteiger partial charge in [0.15, 0.2) is 18.7 Å². The molecule has 4 aromatic heterocycles. The van der Waals surface area contributed by atoms with Gasteiger partial charge in [-0.3, -0.25) is 14.9 Å². The van der Waals surface area contributed by atoms with Crippen LogP contribution in [0, 0.1) is 35.5 Å². The van der Waals surface area contributed by atoms with Crippen molar-refractivity contribution in [2.75, 3.05) is 0 Å². The Morgan fingerprint density at radius 3 is 2.39 bits per heavy atom. The van der Waals surface area contributed by atoms with E-state index in [9.17, 15) is 0 Å². The fraction of sp³-hybridized carbons (Fsp3) is 0.276. The zero-order chi connectivity index (χ0) is 64.4. The van der Waals surface area contributed by atoms with Gasteiger partial charge in [-0.1, -0.05) is 176 Å². The molecule has 0 bridgehead atoms. The van der Waals surface area contributed by atoms with E-state index in [1.165, 1.54) is 120 Å². The third-order valence-electron chi connectivity index (χ3n) is 23.6. The van der Waals surface area contributed by atoms with Crippen LogP contribution in [-0.4, -0.2) is 55.7 Å². The molecule has 20 rings (SSSR count). The summed E-state index contributed by atoms with van der Waals surface area (Å²) < 4.78 is 6.19. The Kier molecular flexibility index (Phi) is 14.6.